The highest BCUT2D eigenvalue weighted by molar-refractivity contribution is 6.22. The van der Waals surface area contributed by atoms with Crippen LogP contribution in [0.25, 0.3) is 11.1 Å². The fourth-order valence-corrected chi connectivity index (χ4v) is 5.80. The predicted octanol–water partition coefficient (Wildman–Crippen LogP) is 3.41. The lowest BCUT2D eigenvalue weighted by Gasteiger charge is -2.39. The number of hydrogen-bond donors (Lipinski definition) is 2. The fraction of sp³-hybridized carbons (Fsp3) is 0.344. The minimum absolute atomic E-state index is 0.0220. The number of aliphatic hydroxyl groups is 1. The number of imide groups is 1. The summed E-state index contributed by atoms with van der Waals surface area (Å²) >= 11 is 0. The van der Waals surface area contributed by atoms with Crippen molar-refractivity contribution in [3.63, 3.8) is 0 Å². The number of anilines is 1. The summed E-state index contributed by atoms with van der Waals surface area (Å²) in [5.41, 5.74) is -0.913. The van der Waals surface area contributed by atoms with E-state index in [1.54, 1.807) is 35.2 Å². The zero-order valence-corrected chi connectivity index (χ0v) is 23.4. The normalized spacial score (nSPS) is 17.4. The molecule has 1 aromatic heterocycles. The van der Waals surface area contributed by atoms with Crippen molar-refractivity contribution in [1.82, 2.24) is 9.47 Å². The van der Waals surface area contributed by atoms with Crippen molar-refractivity contribution < 1.29 is 29.4 Å². The molecule has 2 fully saturated rings. The molecule has 2 aliphatic rings. The maximum Gasteiger partial charge on any atom is 0.340 e. The molecule has 1 unspecified atom stereocenters. The number of carbonyl (C=O) groups excluding carboxylic acids is 3. The van der Waals surface area contributed by atoms with E-state index in [4.69, 9.17) is 0 Å². The highest BCUT2D eigenvalue weighted by atomic mass is 16.4. The Bertz CT molecular complexity index is 1560. The van der Waals surface area contributed by atoms with Gasteiger partial charge in [0.05, 0.1) is 12.1 Å². The summed E-state index contributed by atoms with van der Waals surface area (Å²) in [6, 6.07) is 19.3. The van der Waals surface area contributed by atoms with Crippen LogP contribution >= 0.6 is 0 Å². The Balaban J connectivity index is 1.44. The van der Waals surface area contributed by atoms with Gasteiger partial charge in [0, 0.05) is 44.0 Å². The Hall–Kier alpha value is -4.57. The summed E-state index contributed by atoms with van der Waals surface area (Å²) in [6.45, 7) is 2.14. The average molecular weight is 572 g/mol. The topological polar surface area (TPSA) is 137 Å². The molecule has 2 N–H and O–H groups in total. The van der Waals surface area contributed by atoms with Gasteiger partial charge < -0.3 is 15.1 Å². The number of carboxylic acid groups (broad SMARTS) is 1. The number of hydrogen-bond acceptors (Lipinski definition) is 6. The molecule has 2 aromatic carbocycles. The number of benzene rings is 2. The van der Waals surface area contributed by atoms with Crippen molar-refractivity contribution in [2.24, 2.45) is 0 Å². The minimum atomic E-state index is -1.48. The summed E-state index contributed by atoms with van der Waals surface area (Å²) in [4.78, 5) is 67.4. The van der Waals surface area contributed by atoms with Crippen LogP contribution in [0.3, 0.4) is 0 Å². The fourth-order valence-electron chi connectivity index (χ4n) is 5.80. The Labute approximate surface area is 242 Å². The van der Waals surface area contributed by atoms with Gasteiger partial charge in [0.2, 0.25) is 17.7 Å². The van der Waals surface area contributed by atoms with E-state index in [9.17, 15) is 34.2 Å². The van der Waals surface area contributed by atoms with Crippen LogP contribution in [0.4, 0.5) is 5.82 Å². The van der Waals surface area contributed by atoms with E-state index in [2.05, 4.69) is 0 Å². The van der Waals surface area contributed by atoms with E-state index >= 15 is 0 Å². The summed E-state index contributed by atoms with van der Waals surface area (Å²) in [5, 5.41) is 21.9. The van der Waals surface area contributed by atoms with E-state index < -0.39 is 28.9 Å². The lowest BCUT2D eigenvalue weighted by atomic mass is 9.90. The largest absolute Gasteiger partial charge is 0.478 e. The van der Waals surface area contributed by atoms with Gasteiger partial charge in [-0.1, -0.05) is 67.6 Å². The van der Waals surface area contributed by atoms with Crippen LogP contribution < -0.4 is 10.5 Å². The number of nitrogens with zero attached hydrogens (tertiary/aromatic N) is 3. The Kier molecular flexibility index (Phi) is 8.08. The maximum absolute atomic E-state index is 13.6. The molecule has 3 amide bonds. The standard InChI is InChI=1S/C32H33N3O7/c1-21(22-8-4-2-5-9-22)18-27(38)33-16-14-32(42,15-17-33)20-34-28(39)19-24(23-10-6-3-7-11-23)29(31(40)41)30(34)35-25(36)12-13-26(35)37/h2-11,19,21,42H,12-18,20H2,1H3,(H,40,41). The number of rotatable bonds is 8. The Morgan fingerprint density at radius 3 is 2.05 bits per heavy atom. The summed E-state index contributed by atoms with van der Waals surface area (Å²) in [7, 11) is 0. The molecular formula is C32H33N3O7. The van der Waals surface area contributed by atoms with Crippen LogP contribution in [0.2, 0.25) is 0 Å². The zero-order chi connectivity index (χ0) is 30.0. The molecule has 1 atom stereocenters. The molecule has 0 spiro atoms. The maximum atomic E-state index is 13.6. The van der Waals surface area contributed by atoms with Crippen molar-refractivity contribution in [3.8, 4) is 11.1 Å². The molecule has 218 valence electrons. The first-order chi connectivity index (χ1) is 20.1. The van der Waals surface area contributed by atoms with E-state index in [0.717, 1.165) is 15.0 Å². The van der Waals surface area contributed by atoms with Crippen molar-refractivity contribution in [2.45, 2.75) is 57.1 Å². The van der Waals surface area contributed by atoms with Gasteiger partial charge in [-0.3, -0.25) is 23.7 Å². The number of carboxylic acids is 1. The number of pyridine rings is 1. The van der Waals surface area contributed by atoms with Crippen LogP contribution in [-0.2, 0) is 20.9 Å². The van der Waals surface area contributed by atoms with Crippen LogP contribution in [0.5, 0.6) is 0 Å². The zero-order valence-electron chi connectivity index (χ0n) is 23.4. The molecule has 0 aliphatic carbocycles. The van der Waals surface area contributed by atoms with Gasteiger partial charge in [0.15, 0.2) is 0 Å². The summed E-state index contributed by atoms with van der Waals surface area (Å²) in [6.07, 6.45) is 0.368. The average Bonchev–Trinajstić information content (AvgIpc) is 3.31. The summed E-state index contributed by atoms with van der Waals surface area (Å²) in [5.74, 6) is -3.00. The molecule has 2 aliphatic heterocycles. The second kappa shape index (κ2) is 11.7. The van der Waals surface area contributed by atoms with E-state index in [-0.39, 0.29) is 74.1 Å². The quantitative estimate of drug-likeness (QED) is 0.395. The van der Waals surface area contributed by atoms with E-state index in [1.165, 1.54) is 6.07 Å². The highest BCUT2D eigenvalue weighted by Crippen LogP contribution is 2.35. The third-order valence-electron chi connectivity index (χ3n) is 8.19. The van der Waals surface area contributed by atoms with Gasteiger partial charge in [-0.2, -0.15) is 0 Å². The molecule has 2 saturated heterocycles. The molecule has 0 radical (unpaired) electrons. The first-order valence-electron chi connectivity index (χ1n) is 14.1. The van der Waals surface area contributed by atoms with E-state index in [0.29, 0.717) is 12.0 Å². The van der Waals surface area contributed by atoms with E-state index in [1.807, 2.05) is 37.3 Å². The predicted molar refractivity (Wildman–Crippen MR) is 155 cm³/mol. The molecule has 5 rings (SSSR count). The number of aromatic nitrogens is 1. The summed E-state index contributed by atoms with van der Waals surface area (Å²) < 4.78 is 1.03. The van der Waals surface area contributed by atoms with Gasteiger partial charge in [0.1, 0.15) is 11.4 Å². The molecule has 0 bridgehead atoms. The number of aromatic carboxylic acids is 1. The third-order valence-corrected chi connectivity index (χ3v) is 8.19. The van der Waals surface area contributed by atoms with Crippen molar-refractivity contribution in [1.29, 1.82) is 0 Å². The van der Waals surface area contributed by atoms with Gasteiger partial charge in [-0.05, 0) is 29.9 Å². The van der Waals surface area contributed by atoms with Gasteiger partial charge in [-0.25, -0.2) is 9.69 Å². The smallest absolute Gasteiger partial charge is 0.340 e. The monoisotopic (exact) mass is 571 g/mol. The second-order valence-corrected chi connectivity index (χ2v) is 11.1. The van der Waals surface area contributed by atoms with Crippen LogP contribution in [0, 0.1) is 0 Å². The Morgan fingerprint density at radius 1 is 0.905 bits per heavy atom. The molecular weight excluding hydrogens is 538 g/mol. The lowest BCUT2D eigenvalue weighted by Crippen LogP contribution is -2.50. The number of piperidine rings is 1. The molecule has 3 aromatic rings. The van der Waals surface area contributed by atoms with Crippen LogP contribution in [-0.4, -0.2) is 62.1 Å². The Morgan fingerprint density at radius 2 is 1.48 bits per heavy atom. The molecule has 42 heavy (non-hydrogen) atoms. The number of amides is 3. The van der Waals surface area contributed by atoms with Gasteiger partial charge in [0.25, 0.3) is 5.56 Å². The third kappa shape index (κ3) is 5.75. The van der Waals surface area contributed by atoms with Crippen molar-refractivity contribution in [2.75, 3.05) is 18.0 Å². The SMILES string of the molecule is CC(CC(=O)N1CCC(O)(Cn2c(N3C(=O)CCC3=O)c(C(=O)O)c(-c3ccccc3)cc2=O)CC1)c1ccccc1. The first-order valence-corrected chi connectivity index (χ1v) is 14.1. The lowest BCUT2D eigenvalue weighted by molar-refractivity contribution is -0.136. The second-order valence-electron chi connectivity index (χ2n) is 11.1. The molecule has 10 nitrogen and oxygen atoms in total. The van der Waals surface area contributed by atoms with Crippen LogP contribution in [0.1, 0.15) is 60.9 Å². The highest BCUT2D eigenvalue weighted by Gasteiger charge is 2.40. The van der Waals surface area contributed by atoms with Crippen LogP contribution in [0.15, 0.2) is 71.5 Å². The first kappa shape index (κ1) is 28.9. The van der Waals surface area contributed by atoms with Crippen molar-refractivity contribution in [3.05, 3.63) is 88.2 Å². The van der Waals surface area contributed by atoms with Gasteiger partial charge >= 0.3 is 5.97 Å². The number of likely N-dealkylation sites (tertiary alicyclic amines) is 1. The molecule has 0 saturated carbocycles. The van der Waals surface area contributed by atoms with Gasteiger partial charge in [-0.15, -0.1) is 0 Å². The molecule has 10 heteroatoms. The minimum Gasteiger partial charge on any atom is -0.478 e. The molecule has 3 heterocycles. The van der Waals surface area contributed by atoms with Crippen molar-refractivity contribution >= 4 is 29.5 Å². The number of carbonyl (C=O) groups is 4.